The highest BCUT2D eigenvalue weighted by atomic mass is 16.3. The second kappa shape index (κ2) is 7.12. The van der Waals surface area contributed by atoms with Crippen LogP contribution in [0.4, 0.5) is 0 Å². The van der Waals surface area contributed by atoms with Gasteiger partial charge in [0.1, 0.15) is 5.69 Å². The average molecular weight is 364 g/mol. The number of hydrogen-bond acceptors (Lipinski definition) is 4. The maximum atomic E-state index is 12.8. The molecule has 1 saturated heterocycles. The molecule has 6 heteroatoms. The summed E-state index contributed by atoms with van der Waals surface area (Å²) in [5, 5.41) is 16.0. The van der Waals surface area contributed by atoms with Crippen LogP contribution in [-0.2, 0) is 6.42 Å². The Balaban J connectivity index is 1.50. The smallest absolute Gasteiger partial charge is 0.274 e. The van der Waals surface area contributed by atoms with Gasteiger partial charge in [-0.2, -0.15) is 5.10 Å². The van der Waals surface area contributed by atoms with E-state index >= 15 is 0 Å². The summed E-state index contributed by atoms with van der Waals surface area (Å²) in [6.45, 7) is 4.93. The van der Waals surface area contributed by atoms with Crippen molar-refractivity contribution in [2.75, 3.05) is 13.1 Å². The van der Waals surface area contributed by atoms with Crippen molar-refractivity contribution in [1.82, 2.24) is 19.7 Å². The highest BCUT2D eigenvalue weighted by Gasteiger charge is 2.35. The van der Waals surface area contributed by atoms with Crippen molar-refractivity contribution in [3.8, 4) is 0 Å². The molecule has 1 amide bonds. The minimum absolute atomic E-state index is 0.00643. The lowest BCUT2D eigenvalue weighted by molar-refractivity contribution is 0.0758. The molecule has 1 fully saturated rings. The summed E-state index contributed by atoms with van der Waals surface area (Å²) in [5.74, 6) is -0.109. The molecule has 0 radical (unpaired) electrons. The largest absolute Gasteiger partial charge is 0.391 e. The summed E-state index contributed by atoms with van der Waals surface area (Å²) < 4.78 is 1.78. The number of β-amino-alcohol motifs (C(OH)–C–C–N with tert-alkyl or cyclic N) is 1. The van der Waals surface area contributed by atoms with Gasteiger partial charge in [-0.05, 0) is 44.0 Å². The van der Waals surface area contributed by atoms with Crippen molar-refractivity contribution in [1.29, 1.82) is 0 Å². The third-order valence-electron chi connectivity index (χ3n) is 5.27. The van der Waals surface area contributed by atoms with E-state index in [2.05, 4.69) is 16.1 Å². The predicted molar refractivity (Wildman–Crippen MR) is 103 cm³/mol. The van der Waals surface area contributed by atoms with Gasteiger partial charge < -0.3 is 10.0 Å². The van der Waals surface area contributed by atoms with Crippen LogP contribution in [-0.4, -0.2) is 49.9 Å². The number of para-hydroxylation sites is 1. The average Bonchev–Trinajstić information content (AvgIpc) is 3.29. The molecule has 0 saturated carbocycles. The number of carbonyl (C=O) groups is 1. The van der Waals surface area contributed by atoms with Gasteiger partial charge in [0, 0.05) is 42.8 Å². The fraction of sp³-hybridized carbons (Fsp3) is 0.381. The van der Waals surface area contributed by atoms with Crippen molar-refractivity contribution in [3.05, 3.63) is 60.0 Å². The van der Waals surface area contributed by atoms with E-state index < -0.39 is 6.10 Å². The van der Waals surface area contributed by atoms with E-state index in [1.54, 1.807) is 21.8 Å². The normalized spacial score (nSPS) is 19.9. The summed E-state index contributed by atoms with van der Waals surface area (Å²) in [6, 6.07) is 12.0. The van der Waals surface area contributed by atoms with E-state index in [4.69, 9.17) is 0 Å². The van der Waals surface area contributed by atoms with Crippen LogP contribution in [0, 0.1) is 5.92 Å². The quantitative estimate of drug-likeness (QED) is 0.773. The molecule has 0 aliphatic carbocycles. The third kappa shape index (κ3) is 3.45. The molecule has 0 spiro atoms. The van der Waals surface area contributed by atoms with Crippen LogP contribution in [0.15, 0.2) is 48.8 Å². The zero-order valence-electron chi connectivity index (χ0n) is 15.6. The summed E-state index contributed by atoms with van der Waals surface area (Å²) in [7, 11) is 0. The number of nitrogens with zero attached hydrogens (tertiary/aromatic N) is 4. The fourth-order valence-corrected chi connectivity index (χ4v) is 3.74. The first-order chi connectivity index (χ1) is 13.0. The molecule has 27 heavy (non-hydrogen) atoms. The summed E-state index contributed by atoms with van der Waals surface area (Å²) in [4.78, 5) is 18.9. The Kier molecular flexibility index (Phi) is 4.66. The molecule has 2 unspecified atom stereocenters. The number of pyridine rings is 1. The molecule has 4 rings (SSSR count). The number of aliphatic hydroxyl groups is 1. The maximum Gasteiger partial charge on any atom is 0.274 e. The van der Waals surface area contributed by atoms with Gasteiger partial charge in [-0.25, -0.2) is 0 Å². The highest BCUT2D eigenvalue weighted by molar-refractivity contribution is 5.92. The van der Waals surface area contributed by atoms with Crippen LogP contribution in [0.3, 0.4) is 0 Å². The Morgan fingerprint density at radius 2 is 2.04 bits per heavy atom. The Hall–Kier alpha value is -2.73. The van der Waals surface area contributed by atoms with Gasteiger partial charge in [0.25, 0.3) is 5.91 Å². The van der Waals surface area contributed by atoms with Gasteiger partial charge in [0.15, 0.2) is 0 Å². The van der Waals surface area contributed by atoms with E-state index in [1.165, 1.54) is 0 Å². The third-order valence-corrected chi connectivity index (χ3v) is 5.27. The van der Waals surface area contributed by atoms with Crippen molar-refractivity contribution in [2.45, 2.75) is 32.4 Å². The highest BCUT2D eigenvalue weighted by Crippen LogP contribution is 2.26. The lowest BCUT2D eigenvalue weighted by Crippen LogP contribution is -2.30. The van der Waals surface area contributed by atoms with Gasteiger partial charge in [0.2, 0.25) is 0 Å². The first kappa shape index (κ1) is 17.7. The van der Waals surface area contributed by atoms with E-state index in [1.807, 2.05) is 44.3 Å². The number of hydrogen-bond donors (Lipinski definition) is 1. The predicted octanol–water partition coefficient (Wildman–Crippen LogP) is 2.69. The van der Waals surface area contributed by atoms with Crippen molar-refractivity contribution >= 4 is 16.8 Å². The van der Waals surface area contributed by atoms with Gasteiger partial charge >= 0.3 is 0 Å². The van der Waals surface area contributed by atoms with Crippen LogP contribution >= 0.6 is 0 Å². The fourth-order valence-electron chi connectivity index (χ4n) is 3.74. The molecule has 3 heterocycles. The number of fused-ring (bicyclic) bond motifs is 1. The molecule has 0 bridgehead atoms. The minimum atomic E-state index is -0.534. The first-order valence-electron chi connectivity index (χ1n) is 9.38. The Morgan fingerprint density at radius 1 is 1.22 bits per heavy atom. The molecule has 3 aromatic rings. The monoisotopic (exact) mass is 364 g/mol. The van der Waals surface area contributed by atoms with Gasteiger partial charge in [-0.1, -0.05) is 18.2 Å². The molecule has 1 N–H and O–H groups in total. The van der Waals surface area contributed by atoms with Crippen LogP contribution in [0.1, 0.15) is 35.9 Å². The van der Waals surface area contributed by atoms with Crippen LogP contribution < -0.4 is 0 Å². The number of carbonyl (C=O) groups excluding carboxylic acids is 1. The Bertz CT molecular complexity index is 960. The molecule has 1 aromatic carbocycles. The van der Waals surface area contributed by atoms with Gasteiger partial charge in [-0.3, -0.25) is 14.5 Å². The number of likely N-dealkylation sites (tertiary alicyclic amines) is 1. The zero-order valence-corrected chi connectivity index (χ0v) is 15.6. The van der Waals surface area contributed by atoms with E-state index in [0.29, 0.717) is 25.2 Å². The molecule has 1 aliphatic heterocycles. The SMILES string of the molecule is CC(C)n1ccc(C(=O)N2CC(O)C(Cc3ccnc4ccccc34)C2)n1. The molecule has 2 aromatic heterocycles. The number of aromatic nitrogens is 3. The van der Waals surface area contributed by atoms with Crippen molar-refractivity contribution < 1.29 is 9.90 Å². The van der Waals surface area contributed by atoms with Gasteiger partial charge in [-0.15, -0.1) is 0 Å². The topological polar surface area (TPSA) is 71.2 Å². The lowest BCUT2D eigenvalue weighted by atomic mass is 9.94. The van der Waals surface area contributed by atoms with Crippen molar-refractivity contribution in [2.24, 2.45) is 5.92 Å². The second-order valence-corrected chi connectivity index (χ2v) is 7.50. The standard InChI is InChI=1S/C21H24N4O2/c1-14(2)25-10-8-19(23-25)21(27)24-12-16(20(26)13-24)11-15-7-9-22-18-6-4-3-5-17(15)18/h3-10,14,16,20,26H,11-13H2,1-2H3. The molecular formula is C21H24N4O2. The minimum Gasteiger partial charge on any atom is -0.391 e. The second-order valence-electron chi connectivity index (χ2n) is 7.50. The van der Waals surface area contributed by atoms with E-state index in [9.17, 15) is 9.90 Å². The molecule has 2 atom stereocenters. The van der Waals surface area contributed by atoms with E-state index in [-0.39, 0.29) is 17.9 Å². The Labute approximate surface area is 158 Å². The molecule has 6 nitrogen and oxygen atoms in total. The van der Waals surface area contributed by atoms with E-state index in [0.717, 1.165) is 16.5 Å². The number of rotatable bonds is 4. The zero-order chi connectivity index (χ0) is 19.0. The molecular weight excluding hydrogens is 340 g/mol. The Morgan fingerprint density at radius 3 is 2.81 bits per heavy atom. The maximum absolute atomic E-state index is 12.8. The summed E-state index contributed by atoms with van der Waals surface area (Å²) in [5.41, 5.74) is 2.54. The van der Waals surface area contributed by atoms with Gasteiger partial charge in [0.05, 0.1) is 11.6 Å². The molecule has 1 aliphatic rings. The number of aliphatic hydroxyl groups excluding tert-OH is 1. The number of benzene rings is 1. The lowest BCUT2D eigenvalue weighted by Gasteiger charge is -2.16. The first-order valence-corrected chi connectivity index (χ1v) is 9.38. The van der Waals surface area contributed by atoms with Crippen LogP contribution in [0.25, 0.3) is 10.9 Å². The van der Waals surface area contributed by atoms with Crippen molar-refractivity contribution in [3.63, 3.8) is 0 Å². The summed E-state index contributed by atoms with van der Waals surface area (Å²) in [6.07, 6.45) is 3.81. The van der Waals surface area contributed by atoms with Crippen LogP contribution in [0.5, 0.6) is 0 Å². The summed E-state index contributed by atoms with van der Waals surface area (Å²) >= 11 is 0. The molecule has 140 valence electrons. The number of amides is 1. The van der Waals surface area contributed by atoms with Crippen LogP contribution in [0.2, 0.25) is 0 Å².